The maximum Gasteiger partial charge on any atom is 0.181 e. The third-order valence-corrected chi connectivity index (χ3v) is 3.22. The molecule has 15 heavy (non-hydrogen) atoms. The van der Waals surface area contributed by atoms with Gasteiger partial charge in [-0.1, -0.05) is 18.2 Å². The van der Waals surface area contributed by atoms with Crippen LogP contribution in [0.1, 0.15) is 26.3 Å². The van der Waals surface area contributed by atoms with Crippen LogP contribution in [-0.2, 0) is 0 Å². The average molecular weight is 205 g/mol. The second kappa shape index (κ2) is 3.08. The predicted molar refractivity (Wildman–Crippen MR) is 59.6 cm³/mol. The number of hydrogen-bond donors (Lipinski definition) is 2. The molecule has 0 fully saturated rings. The Morgan fingerprint density at radius 1 is 1.20 bits per heavy atom. The van der Waals surface area contributed by atoms with Crippen LogP contribution in [0.15, 0.2) is 29.8 Å². The van der Waals surface area contributed by atoms with Crippen LogP contribution in [0.4, 0.5) is 5.69 Å². The fraction of sp³-hybridized carbons (Fsp3) is 0.333. The zero-order chi connectivity index (χ0) is 11.2. The number of rotatable bonds is 0. The van der Waals surface area contributed by atoms with Gasteiger partial charge in [0.05, 0.1) is 5.69 Å². The molecular weight excluding hydrogens is 190 g/mol. The molecule has 1 aromatic carbocycles. The molecule has 1 heterocycles. The summed E-state index contributed by atoms with van der Waals surface area (Å²) >= 11 is 0. The number of hydrogen-bond acceptors (Lipinski definition) is 3. The van der Waals surface area contributed by atoms with Gasteiger partial charge in [0.15, 0.2) is 5.72 Å². The van der Waals surface area contributed by atoms with E-state index in [-0.39, 0.29) is 0 Å². The Morgan fingerprint density at radius 2 is 1.80 bits per heavy atom. The maximum atomic E-state index is 10.1. The van der Waals surface area contributed by atoms with Gasteiger partial charge in [0.1, 0.15) is 0 Å². The molecule has 80 valence electrons. The molecule has 1 aliphatic heterocycles. The molecule has 2 N–H and O–H groups in total. The number of anilines is 1. The van der Waals surface area contributed by atoms with E-state index in [2.05, 4.69) is 0 Å². The molecule has 0 saturated heterocycles. The molecule has 3 nitrogen and oxygen atoms in total. The van der Waals surface area contributed by atoms with Crippen molar-refractivity contribution in [3.63, 3.8) is 0 Å². The van der Waals surface area contributed by atoms with Crippen molar-refractivity contribution < 1.29 is 10.3 Å². The van der Waals surface area contributed by atoms with Crippen molar-refractivity contribution in [1.82, 2.24) is 0 Å². The van der Waals surface area contributed by atoms with Gasteiger partial charge in [0, 0.05) is 5.56 Å². The first-order valence-electron chi connectivity index (χ1n) is 4.95. The van der Waals surface area contributed by atoms with E-state index in [9.17, 15) is 10.3 Å². The molecule has 0 amide bonds. The van der Waals surface area contributed by atoms with Crippen LogP contribution >= 0.6 is 0 Å². The van der Waals surface area contributed by atoms with Gasteiger partial charge in [-0.15, -0.1) is 0 Å². The molecule has 0 radical (unpaired) electrons. The molecule has 3 heteroatoms. The molecule has 1 unspecified atom stereocenters. The van der Waals surface area contributed by atoms with Crippen molar-refractivity contribution in [1.29, 1.82) is 0 Å². The van der Waals surface area contributed by atoms with E-state index >= 15 is 0 Å². The largest absolute Gasteiger partial charge is 0.366 e. The molecule has 1 aliphatic rings. The van der Waals surface area contributed by atoms with Crippen molar-refractivity contribution in [2.45, 2.75) is 26.5 Å². The van der Waals surface area contributed by atoms with Gasteiger partial charge in [-0.05, 0) is 38.0 Å². The Balaban J connectivity index is 2.72. The van der Waals surface area contributed by atoms with E-state index < -0.39 is 5.72 Å². The Morgan fingerprint density at radius 3 is 2.47 bits per heavy atom. The van der Waals surface area contributed by atoms with Gasteiger partial charge in [-0.2, -0.15) is 0 Å². The number of allylic oxidation sites excluding steroid dienone is 1. The Labute approximate surface area is 89.2 Å². The van der Waals surface area contributed by atoms with Crippen LogP contribution in [0.25, 0.3) is 5.57 Å². The lowest BCUT2D eigenvalue weighted by Gasteiger charge is -2.40. The highest BCUT2D eigenvalue weighted by Crippen LogP contribution is 2.40. The van der Waals surface area contributed by atoms with Crippen molar-refractivity contribution in [2.75, 3.05) is 5.06 Å². The molecule has 1 atom stereocenters. The molecule has 0 spiro atoms. The van der Waals surface area contributed by atoms with Crippen LogP contribution in [0.3, 0.4) is 0 Å². The summed E-state index contributed by atoms with van der Waals surface area (Å²) in [5.41, 5.74) is 2.07. The van der Waals surface area contributed by atoms with Gasteiger partial charge in [0.2, 0.25) is 0 Å². The quantitative estimate of drug-likeness (QED) is 0.683. The predicted octanol–water partition coefficient (Wildman–Crippen LogP) is 2.40. The van der Waals surface area contributed by atoms with Crippen molar-refractivity contribution >= 4 is 11.3 Å². The fourth-order valence-electron chi connectivity index (χ4n) is 1.93. The summed E-state index contributed by atoms with van der Waals surface area (Å²) < 4.78 is 0. The Hall–Kier alpha value is -1.32. The van der Waals surface area contributed by atoms with Gasteiger partial charge < -0.3 is 5.11 Å². The van der Waals surface area contributed by atoms with Gasteiger partial charge in [-0.25, -0.2) is 5.06 Å². The highest BCUT2D eigenvalue weighted by Gasteiger charge is 2.37. The van der Waals surface area contributed by atoms with Gasteiger partial charge >= 0.3 is 0 Å². The first-order valence-corrected chi connectivity index (χ1v) is 4.95. The Kier molecular flexibility index (Phi) is 2.10. The zero-order valence-electron chi connectivity index (χ0n) is 9.15. The van der Waals surface area contributed by atoms with E-state index in [0.29, 0.717) is 5.69 Å². The number of hydroxylamine groups is 1. The molecule has 0 aliphatic carbocycles. The lowest BCUT2D eigenvalue weighted by atomic mass is 9.90. The molecule has 1 aromatic rings. The van der Waals surface area contributed by atoms with Crippen LogP contribution in [0, 0.1) is 0 Å². The SMILES string of the molecule is CC1=C(C)C(C)(O)N(O)c2ccccc21. The first-order chi connectivity index (χ1) is 6.96. The zero-order valence-corrected chi connectivity index (χ0v) is 9.15. The maximum absolute atomic E-state index is 10.1. The van der Waals surface area contributed by atoms with Gasteiger partial charge in [0.25, 0.3) is 0 Å². The van der Waals surface area contributed by atoms with E-state index in [1.54, 1.807) is 13.0 Å². The summed E-state index contributed by atoms with van der Waals surface area (Å²) in [6, 6.07) is 7.49. The van der Waals surface area contributed by atoms with Crippen LogP contribution < -0.4 is 5.06 Å². The lowest BCUT2D eigenvalue weighted by Crippen LogP contribution is -2.48. The molecule has 0 aromatic heterocycles. The van der Waals surface area contributed by atoms with Crippen LogP contribution in [0.5, 0.6) is 0 Å². The molecule has 0 bridgehead atoms. The monoisotopic (exact) mass is 205 g/mol. The van der Waals surface area contributed by atoms with Crippen molar-refractivity contribution in [3.05, 3.63) is 35.4 Å². The summed E-state index contributed by atoms with van der Waals surface area (Å²) in [6.07, 6.45) is 0. The van der Waals surface area contributed by atoms with Crippen molar-refractivity contribution in [2.24, 2.45) is 0 Å². The summed E-state index contributed by atoms with van der Waals surface area (Å²) in [5, 5.41) is 21.0. The summed E-state index contributed by atoms with van der Waals surface area (Å²) in [7, 11) is 0. The normalized spacial score (nSPS) is 25.5. The summed E-state index contributed by atoms with van der Waals surface area (Å²) in [5.74, 6) is 0. The molecular formula is C12H15NO2. The minimum absolute atomic E-state index is 0.644. The highest BCUT2D eigenvalue weighted by molar-refractivity contribution is 5.81. The van der Waals surface area contributed by atoms with E-state index in [1.165, 1.54) is 0 Å². The van der Waals surface area contributed by atoms with Crippen LogP contribution in [-0.4, -0.2) is 16.0 Å². The smallest absolute Gasteiger partial charge is 0.181 e. The molecule has 0 saturated carbocycles. The van der Waals surface area contributed by atoms with E-state index in [4.69, 9.17) is 0 Å². The second-order valence-corrected chi connectivity index (χ2v) is 4.10. The fourth-order valence-corrected chi connectivity index (χ4v) is 1.93. The van der Waals surface area contributed by atoms with Crippen LogP contribution in [0.2, 0.25) is 0 Å². The van der Waals surface area contributed by atoms with Crippen molar-refractivity contribution in [3.8, 4) is 0 Å². The third kappa shape index (κ3) is 1.28. The molecule has 2 rings (SSSR count). The van der Waals surface area contributed by atoms with E-state index in [0.717, 1.165) is 21.8 Å². The Bertz CT molecular complexity index is 435. The minimum atomic E-state index is -1.32. The highest BCUT2D eigenvalue weighted by atomic mass is 16.5. The topological polar surface area (TPSA) is 43.7 Å². The second-order valence-electron chi connectivity index (χ2n) is 4.10. The minimum Gasteiger partial charge on any atom is -0.366 e. The first kappa shape index (κ1) is 10.2. The number of benzene rings is 1. The van der Waals surface area contributed by atoms with E-state index in [1.807, 2.05) is 32.0 Å². The number of fused-ring (bicyclic) bond motifs is 1. The standard InChI is InChI=1S/C12H15NO2/c1-8-9(2)12(3,14)13(15)11-7-5-4-6-10(8)11/h4-7,14-15H,1-3H3. The average Bonchev–Trinajstić information content (AvgIpc) is 2.24. The lowest BCUT2D eigenvalue weighted by molar-refractivity contribution is 0.00606. The third-order valence-electron chi connectivity index (χ3n) is 3.22. The summed E-state index contributed by atoms with van der Waals surface area (Å²) in [6.45, 7) is 5.37. The number of para-hydroxylation sites is 1. The number of nitrogens with zero attached hydrogens (tertiary/aromatic N) is 1. The van der Waals surface area contributed by atoms with Gasteiger partial charge in [-0.3, -0.25) is 5.21 Å². The summed E-state index contributed by atoms with van der Waals surface area (Å²) in [4.78, 5) is 0. The number of aliphatic hydroxyl groups is 1.